The van der Waals surface area contributed by atoms with Crippen molar-refractivity contribution >= 4 is 6.09 Å². The third-order valence-electron chi connectivity index (χ3n) is 3.20. The van der Waals surface area contributed by atoms with E-state index in [9.17, 15) is 9.90 Å². The van der Waals surface area contributed by atoms with E-state index in [0.717, 1.165) is 25.7 Å². The molecule has 1 N–H and O–H groups in total. The summed E-state index contributed by atoms with van der Waals surface area (Å²) in [6.07, 6.45) is 3.67. The molecule has 1 heterocycles. The first-order valence-corrected chi connectivity index (χ1v) is 6.40. The van der Waals surface area contributed by atoms with Gasteiger partial charge in [0.05, 0.1) is 12.1 Å². The lowest BCUT2D eigenvalue weighted by atomic mass is 9.96. The maximum Gasteiger partial charge on any atom is 0.410 e. The van der Waals surface area contributed by atoms with E-state index in [0.29, 0.717) is 6.54 Å². The van der Waals surface area contributed by atoms with Gasteiger partial charge in [0, 0.05) is 6.54 Å². The van der Waals surface area contributed by atoms with E-state index < -0.39 is 11.1 Å². The molecule has 0 saturated carbocycles. The SMILES string of the molecule is CC(C)(C)OC(=O)N1CCCCC[C@@]1(C)CO. The van der Waals surface area contributed by atoms with Gasteiger partial charge >= 0.3 is 6.09 Å². The van der Waals surface area contributed by atoms with Crippen LogP contribution in [0.25, 0.3) is 0 Å². The topological polar surface area (TPSA) is 49.8 Å². The molecular weight excluding hydrogens is 218 g/mol. The van der Waals surface area contributed by atoms with Crippen LogP contribution in [0.3, 0.4) is 0 Å². The number of nitrogens with zero attached hydrogens (tertiary/aromatic N) is 1. The summed E-state index contributed by atoms with van der Waals surface area (Å²) in [6, 6.07) is 0. The molecule has 0 aliphatic carbocycles. The van der Waals surface area contributed by atoms with Gasteiger partial charge in [-0.2, -0.15) is 0 Å². The summed E-state index contributed by atoms with van der Waals surface area (Å²) in [4.78, 5) is 13.8. The zero-order valence-corrected chi connectivity index (χ0v) is 11.5. The standard InChI is InChI=1S/C13H25NO3/c1-12(2,3)17-11(16)14-9-7-5-6-8-13(14,4)10-15/h15H,5-10H2,1-4H3/t13-/m0/s1. The zero-order chi connectivity index (χ0) is 13.1. The summed E-state index contributed by atoms with van der Waals surface area (Å²) in [5.41, 5.74) is -0.960. The molecule has 1 fully saturated rings. The fourth-order valence-corrected chi connectivity index (χ4v) is 2.15. The maximum absolute atomic E-state index is 12.1. The molecule has 4 nitrogen and oxygen atoms in total. The molecule has 1 rings (SSSR count). The summed E-state index contributed by atoms with van der Waals surface area (Å²) in [5.74, 6) is 0. The van der Waals surface area contributed by atoms with Crippen LogP contribution in [-0.2, 0) is 4.74 Å². The lowest BCUT2D eigenvalue weighted by Crippen LogP contribution is -2.53. The van der Waals surface area contributed by atoms with Crippen LogP contribution in [0.2, 0.25) is 0 Å². The molecule has 4 heteroatoms. The number of carbonyl (C=O) groups is 1. The average molecular weight is 243 g/mol. The van der Waals surface area contributed by atoms with Gasteiger partial charge in [-0.3, -0.25) is 0 Å². The van der Waals surface area contributed by atoms with Gasteiger partial charge < -0.3 is 14.7 Å². The molecule has 1 aliphatic heterocycles. The second kappa shape index (κ2) is 5.25. The maximum atomic E-state index is 12.1. The lowest BCUT2D eigenvalue weighted by Gasteiger charge is -2.39. The molecule has 1 aliphatic rings. The highest BCUT2D eigenvalue weighted by Crippen LogP contribution is 2.28. The first-order chi connectivity index (χ1) is 7.78. The largest absolute Gasteiger partial charge is 0.444 e. The summed E-state index contributed by atoms with van der Waals surface area (Å²) in [7, 11) is 0. The van der Waals surface area contributed by atoms with Crippen molar-refractivity contribution in [1.29, 1.82) is 0 Å². The van der Waals surface area contributed by atoms with Crippen LogP contribution in [0.5, 0.6) is 0 Å². The molecular formula is C13H25NO3. The predicted octanol–water partition coefficient (Wildman–Crippen LogP) is 2.55. The van der Waals surface area contributed by atoms with Gasteiger partial charge in [0.15, 0.2) is 0 Å². The third kappa shape index (κ3) is 3.87. The predicted molar refractivity (Wildman–Crippen MR) is 66.9 cm³/mol. The Hall–Kier alpha value is -0.770. The van der Waals surface area contributed by atoms with E-state index >= 15 is 0 Å². The lowest BCUT2D eigenvalue weighted by molar-refractivity contribution is -0.0133. The van der Waals surface area contributed by atoms with E-state index in [4.69, 9.17) is 4.74 Å². The Morgan fingerprint density at radius 3 is 2.53 bits per heavy atom. The molecule has 0 aromatic carbocycles. The number of aliphatic hydroxyl groups is 1. The van der Waals surface area contributed by atoms with E-state index in [1.54, 1.807) is 4.90 Å². The Morgan fingerprint density at radius 1 is 1.35 bits per heavy atom. The number of rotatable bonds is 1. The molecule has 0 aromatic rings. The van der Waals surface area contributed by atoms with Crippen LogP contribution in [0, 0.1) is 0 Å². The molecule has 0 bridgehead atoms. The van der Waals surface area contributed by atoms with E-state index in [-0.39, 0.29) is 12.7 Å². The third-order valence-corrected chi connectivity index (χ3v) is 3.20. The number of amides is 1. The second-order valence-corrected chi connectivity index (χ2v) is 6.10. The zero-order valence-electron chi connectivity index (χ0n) is 11.5. The molecule has 0 spiro atoms. The van der Waals surface area contributed by atoms with Crippen molar-refractivity contribution in [3.8, 4) is 0 Å². The Labute approximate surface area is 104 Å². The fourth-order valence-electron chi connectivity index (χ4n) is 2.15. The summed E-state index contributed by atoms with van der Waals surface area (Å²) >= 11 is 0. The number of hydrogen-bond acceptors (Lipinski definition) is 3. The molecule has 1 amide bonds. The van der Waals surface area contributed by atoms with Gasteiger partial charge in [-0.25, -0.2) is 4.79 Å². The van der Waals surface area contributed by atoms with Crippen LogP contribution in [-0.4, -0.2) is 40.4 Å². The molecule has 0 radical (unpaired) electrons. The molecule has 1 saturated heterocycles. The minimum Gasteiger partial charge on any atom is -0.444 e. The average Bonchev–Trinajstić information content (AvgIpc) is 2.38. The smallest absolute Gasteiger partial charge is 0.410 e. The van der Waals surface area contributed by atoms with E-state index in [1.165, 1.54) is 0 Å². The number of likely N-dealkylation sites (tertiary alicyclic amines) is 1. The first-order valence-electron chi connectivity index (χ1n) is 6.40. The molecule has 1 atom stereocenters. The van der Waals surface area contributed by atoms with Gasteiger partial charge in [-0.1, -0.05) is 12.8 Å². The summed E-state index contributed by atoms with van der Waals surface area (Å²) in [6.45, 7) is 8.18. The van der Waals surface area contributed by atoms with Crippen molar-refractivity contribution in [1.82, 2.24) is 4.90 Å². The molecule has 17 heavy (non-hydrogen) atoms. The van der Waals surface area contributed by atoms with Gasteiger partial charge in [-0.15, -0.1) is 0 Å². The summed E-state index contributed by atoms with van der Waals surface area (Å²) < 4.78 is 5.41. The highest BCUT2D eigenvalue weighted by atomic mass is 16.6. The van der Waals surface area contributed by atoms with Crippen molar-refractivity contribution in [3.05, 3.63) is 0 Å². The van der Waals surface area contributed by atoms with Crippen LogP contribution >= 0.6 is 0 Å². The van der Waals surface area contributed by atoms with Gasteiger partial charge in [0.2, 0.25) is 0 Å². The normalized spacial score (nSPS) is 26.5. The molecule has 100 valence electrons. The number of hydrogen-bond donors (Lipinski definition) is 1. The van der Waals surface area contributed by atoms with E-state index in [1.807, 2.05) is 27.7 Å². The fraction of sp³-hybridized carbons (Fsp3) is 0.923. The second-order valence-electron chi connectivity index (χ2n) is 6.10. The Morgan fingerprint density at radius 2 is 2.00 bits per heavy atom. The minimum atomic E-state index is -0.486. The van der Waals surface area contributed by atoms with Crippen LogP contribution in [0.15, 0.2) is 0 Å². The Bertz CT molecular complexity index is 272. The number of ether oxygens (including phenoxy) is 1. The van der Waals surface area contributed by atoms with Gasteiger partial charge in [0.25, 0.3) is 0 Å². The first kappa shape index (κ1) is 14.3. The monoisotopic (exact) mass is 243 g/mol. The highest BCUT2D eigenvalue weighted by molar-refractivity contribution is 5.69. The van der Waals surface area contributed by atoms with Gasteiger partial charge in [0.1, 0.15) is 5.60 Å². The van der Waals surface area contributed by atoms with Crippen LogP contribution in [0.4, 0.5) is 4.79 Å². The summed E-state index contributed by atoms with van der Waals surface area (Å²) in [5, 5.41) is 9.54. The van der Waals surface area contributed by atoms with Crippen molar-refractivity contribution in [2.45, 2.75) is 64.5 Å². The molecule has 0 aromatic heterocycles. The Kier molecular flexibility index (Phi) is 4.42. The van der Waals surface area contributed by atoms with Crippen molar-refractivity contribution < 1.29 is 14.6 Å². The highest BCUT2D eigenvalue weighted by Gasteiger charge is 2.37. The number of aliphatic hydroxyl groups excluding tert-OH is 1. The molecule has 0 unspecified atom stereocenters. The van der Waals surface area contributed by atoms with Crippen LogP contribution in [0.1, 0.15) is 53.4 Å². The van der Waals surface area contributed by atoms with Crippen LogP contribution < -0.4 is 0 Å². The van der Waals surface area contributed by atoms with E-state index in [2.05, 4.69) is 0 Å². The minimum absolute atomic E-state index is 0.00770. The Balaban J connectivity index is 2.79. The van der Waals surface area contributed by atoms with Crippen molar-refractivity contribution in [2.75, 3.05) is 13.2 Å². The number of carbonyl (C=O) groups excluding carboxylic acids is 1. The van der Waals surface area contributed by atoms with Crippen molar-refractivity contribution in [2.24, 2.45) is 0 Å². The van der Waals surface area contributed by atoms with Gasteiger partial charge in [-0.05, 0) is 40.5 Å². The quantitative estimate of drug-likeness (QED) is 0.770. The van der Waals surface area contributed by atoms with Crippen molar-refractivity contribution in [3.63, 3.8) is 0 Å².